The molecule has 1 aromatic heterocycles. The van der Waals surface area contributed by atoms with Crippen LogP contribution in [0.5, 0.6) is 0 Å². The van der Waals surface area contributed by atoms with E-state index in [1.165, 1.54) is 10.9 Å². The number of fused-ring (bicyclic) bond motifs is 1. The van der Waals surface area contributed by atoms with Crippen molar-refractivity contribution in [3.8, 4) is 0 Å². The van der Waals surface area contributed by atoms with Crippen molar-refractivity contribution in [1.82, 2.24) is 15.6 Å². The quantitative estimate of drug-likeness (QED) is 0.765. The monoisotopic (exact) mass is 243 g/mol. The molecule has 0 aliphatic carbocycles. The molecule has 2 aromatic rings. The Hall–Kier alpha value is -1.45. The summed E-state index contributed by atoms with van der Waals surface area (Å²) in [5, 5.41) is 8.03. The summed E-state index contributed by atoms with van der Waals surface area (Å²) in [4.78, 5) is 4.32. The van der Waals surface area contributed by atoms with Crippen molar-refractivity contribution in [2.24, 2.45) is 0 Å². The maximum atomic E-state index is 4.32. The minimum atomic E-state index is 0.554. The van der Waals surface area contributed by atoms with Gasteiger partial charge in [0.2, 0.25) is 0 Å². The second kappa shape index (κ2) is 6.47. The van der Waals surface area contributed by atoms with Crippen molar-refractivity contribution in [1.29, 1.82) is 0 Å². The highest BCUT2D eigenvalue weighted by Gasteiger charge is 1.97. The molecule has 0 spiro atoms. The van der Waals surface area contributed by atoms with Crippen LogP contribution in [0.25, 0.3) is 10.9 Å². The Labute approximate surface area is 109 Å². The van der Waals surface area contributed by atoms with Gasteiger partial charge in [0.05, 0.1) is 5.52 Å². The Morgan fingerprint density at radius 1 is 1.17 bits per heavy atom. The number of aromatic nitrogens is 1. The van der Waals surface area contributed by atoms with Gasteiger partial charge >= 0.3 is 0 Å². The summed E-state index contributed by atoms with van der Waals surface area (Å²) in [5.41, 5.74) is 2.36. The Bertz CT molecular complexity index is 494. The second-order valence-electron chi connectivity index (χ2n) is 4.82. The van der Waals surface area contributed by atoms with Crippen molar-refractivity contribution < 1.29 is 0 Å². The molecule has 2 rings (SSSR count). The highest BCUT2D eigenvalue weighted by atomic mass is 15.0. The third-order valence-corrected chi connectivity index (χ3v) is 2.85. The van der Waals surface area contributed by atoms with Crippen molar-refractivity contribution in [3.05, 3.63) is 42.1 Å². The maximum absolute atomic E-state index is 4.32. The van der Waals surface area contributed by atoms with Gasteiger partial charge in [-0.3, -0.25) is 4.98 Å². The second-order valence-corrected chi connectivity index (χ2v) is 4.82. The molecule has 1 heterocycles. The van der Waals surface area contributed by atoms with Crippen molar-refractivity contribution in [3.63, 3.8) is 0 Å². The summed E-state index contributed by atoms with van der Waals surface area (Å²) >= 11 is 0. The van der Waals surface area contributed by atoms with E-state index in [-0.39, 0.29) is 0 Å². The number of hydrogen-bond donors (Lipinski definition) is 2. The van der Waals surface area contributed by atoms with E-state index >= 15 is 0 Å². The van der Waals surface area contributed by atoms with Gasteiger partial charge in [0, 0.05) is 37.3 Å². The summed E-state index contributed by atoms with van der Waals surface area (Å²) in [6, 6.07) is 11.1. The van der Waals surface area contributed by atoms with Crippen LogP contribution in [-0.4, -0.2) is 24.1 Å². The van der Waals surface area contributed by atoms with Crippen LogP contribution >= 0.6 is 0 Å². The van der Waals surface area contributed by atoms with E-state index in [0.29, 0.717) is 6.04 Å². The van der Waals surface area contributed by atoms with E-state index < -0.39 is 0 Å². The van der Waals surface area contributed by atoms with Crippen LogP contribution < -0.4 is 10.6 Å². The maximum Gasteiger partial charge on any atom is 0.0702 e. The summed E-state index contributed by atoms with van der Waals surface area (Å²) in [7, 11) is 0. The van der Waals surface area contributed by atoms with Crippen molar-refractivity contribution in [2.75, 3.05) is 13.1 Å². The zero-order valence-corrected chi connectivity index (χ0v) is 11.1. The number of pyridine rings is 1. The molecular formula is C15H21N3. The van der Waals surface area contributed by atoms with Crippen LogP contribution in [-0.2, 0) is 6.54 Å². The van der Waals surface area contributed by atoms with Gasteiger partial charge in [-0.2, -0.15) is 0 Å². The SMILES string of the molecule is CC(C)NCCNCc1ccc2ncccc2c1. The third-order valence-electron chi connectivity index (χ3n) is 2.85. The molecule has 3 nitrogen and oxygen atoms in total. The molecule has 0 atom stereocenters. The molecule has 0 amide bonds. The largest absolute Gasteiger partial charge is 0.313 e. The molecule has 2 N–H and O–H groups in total. The fourth-order valence-corrected chi connectivity index (χ4v) is 1.92. The lowest BCUT2D eigenvalue weighted by Crippen LogP contribution is -2.31. The first kappa shape index (κ1) is 13.0. The van der Waals surface area contributed by atoms with Gasteiger partial charge in [0.15, 0.2) is 0 Å². The first-order valence-electron chi connectivity index (χ1n) is 6.53. The number of hydrogen-bond acceptors (Lipinski definition) is 3. The van der Waals surface area contributed by atoms with Gasteiger partial charge in [-0.1, -0.05) is 26.0 Å². The van der Waals surface area contributed by atoms with Gasteiger partial charge in [0.1, 0.15) is 0 Å². The van der Waals surface area contributed by atoms with E-state index in [9.17, 15) is 0 Å². The molecule has 3 heteroatoms. The zero-order chi connectivity index (χ0) is 12.8. The Morgan fingerprint density at radius 3 is 2.89 bits per heavy atom. The predicted molar refractivity (Wildman–Crippen MR) is 76.6 cm³/mol. The Morgan fingerprint density at radius 2 is 2.06 bits per heavy atom. The molecule has 0 fully saturated rings. The third kappa shape index (κ3) is 3.79. The molecule has 0 aliphatic heterocycles. The highest BCUT2D eigenvalue weighted by molar-refractivity contribution is 5.78. The minimum Gasteiger partial charge on any atom is -0.313 e. The van der Waals surface area contributed by atoms with Gasteiger partial charge < -0.3 is 10.6 Å². The average molecular weight is 243 g/mol. The summed E-state index contributed by atoms with van der Waals surface area (Å²) in [5.74, 6) is 0. The lowest BCUT2D eigenvalue weighted by atomic mass is 10.1. The van der Waals surface area contributed by atoms with Crippen LogP contribution in [0.3, 0.4) is 0 Å². The van der Waals surface area contributed by atoms with Gasteiger partial charge in [0.25, 0.3) is 0 Å². The van der Waals surface area contributed by atoms with Crippen molar-refractivity contribution >= 4 is 10.9 Å². The lowest BCUT2D eigenvalue weighted by Gasteiger charge is -2.09. The first-order chi connectivity index (χ1) is 8.75. The van der Waals surface area contributed by atoms with Crippen molar-refractivity contribution in [2.45, 2.75) is 26.4 Å². The molecule has 0 bridgehead atoms. The first-order valence-corrected chi connectivity index (χ1v) is 6.53. The van der Waals surface area contributed by atoms with Crippen LogP contribution in [0.4, 0.5) is 0 Å². The molecule has 0 saturated carbocycles. The van der Waals surface area contributed by atoms with Gasteiger partial charge in [-0.25, -0.2) is 0 Å². The fourth-order valence-electron chi connectivity index (χ4n) is 1.92. The number of nitrogens with one attached hydrogen (secondary N) is 2. The smallest absolute Gasteiger partial charge is 0.0702 e. The van der Waals surface area contributed by atoms with Gasteiger partial charge in [-0.05, 0) is 23.8 Å². The molecule has 18 heavy (non-hydrogen) atoms. The van der Waals surface area contributed by atoms with E-state index in [0.717, 1.165) is 25.2 Å². The molecule has 96 valence electrons. The topological polar surface area (TPSA) is 37.0 Å². The highest BCUT2D eigenvalue weighted by Crippen LogP contribution is 2.12. The fraction of sp³-hybridized carbons (Fsp3) is 0.400. The van der Waals surface area contributed by atoms with E-state index in [1.54, 1.807) is 0 Å². The van der Waals surface area contributed by atoms with E-state index in [4.69, 9.17) is 0 Å². The Balaban J connectivity index is 1.84. The van der Waals surface area contributed by atoms with E-state index in [1.807, 2.05) is 12.3 Å². The molecule has 0 unspecified atom stereocenters. The van der Waals surface area contributed by atoms with Gasteiger partial charge in [-0.15, -0.1) is 0 Å². The predicted octanol–water partition coefficient (Wildman–Crippen LogP) is 2.32. The lowest BCUT2D eigenvalue weighted by molar-refractivity contribution is 0.556. The summed E-state index contributed by atoms with van der Waals surface area (Å²) < 4.78 is 0. The van der Waals surface area contributed by atoms with Crippen LogP contribution in [0, 0.1) is 0 Å². The molecule has 0 aliphatic rings. The van der Waals surface area contributed by atoms with Crippen LogP contribution in [0.15, 0.2) is 36.5 Å². The standard InChI is InChI=1S/C15H21N3/c1-12(2)17-9-8-16-11-13-5-6-15-14(10-13)4-3-7-18-15/h3-7,10,12,16-17H,8-9,11H2,1-2H3. The normalized spacial score (nSPS) is 11.3. The van der Waals surface area contributed by atoms with Crippen LogP contribution in [0.2, 0.25) is 0 Å². The molecular weight excluding hydrogens is 222 g/mol. The summed E-state index contributed by atoms with van der Waals surface area (Å²) in [6.45, 7) is 7.23. The number of benzene rings is 1. The van der Waals surface area contributed by atoms with Crippen LogP contribution in [0.1, 0.15) is 19.4 Å². The molecule has 0 saturated heterocycles. The number of rotatable bonds is 6. The van der Waals surface area contributed by atoms with E-state index in [2.05, 4.69) is 53.7 Å². The average Bonchev–Trinajstić information content (AvgIpc) is 2.38. The molecule has 0 radical (unpaired) electrons. The summed E-state index contributed by atoms with van der Waals surface area (Å²) in [6.07, 6.45) is 1.83. The minimum absolute atomic E-state index is 0.554. The molecule has 1 aromatic carbocycles. The zero-order valence-electron chi connectivity index (χ0n) is 11.1. The number of nitrogens with zero attached hydrogens (tertiary/aromatic N) is 1. The Kier molecular flexibility index (Phi) is 4.67.